The maximum Gasteiger partial charge on any atom is 0.142 e. The van der Waals surface area contributed by atoms with Gasteiger partial charge in [0.1, 0.15) is 11.3 Å². The van der Waals surface area contributed by atoms with E-state index in [0.29, 0.717) is 0 Å². The Bertz CT molecular complexity index is 1830. The second kappa shape index (κ2) is 7.07. The van der Waals surface area contributed by atoms with Gasteiger partial charge in [0, 0.05) is 22.1 Å². The molecular weight excluding hydrogens is 424 g/mol. The lowest BCUT2D eigenvalue weighted by atomic mass is 9.90. The van der Waals surface area contributed by atoms with Gasteiger partial charge in [-0.15, -0.1) is 0 Å². The smallest absolute Gasteiger partial charge is 0.142 e. The molecular formula is C34H22O. The van der Waals surface area contributed by atoms with Crippen molar-refractivity contribution in [2.45, 2.75) is 12.8 Å². The molecule has 2 aliphatic carbocycles. The molecule has 0 N–H and O–H groups in total. The van der Waals surface area contributed by atoms with Gasteiger partial charge in [0.2, 0.25) is 0 Å². The van der Waals surface area contributed by atoms with Crippen LogP contribution in [0.1, 0.15) is 23.3 Å². The molecule has 0 saturated carbocycles. The SMILES string of the molecule is C1=C(c2ccccc2)c2oc3c(-c4cc5c6c(cccc6c4)-c4ccccc4-5)cccc3c2CC1. The van der Waals surface area contributed by atoms with Crippen LogP contribution >= 0.6 is 0 Å². The monoisotopic (exact) mass is 446 g/mol. The van der Waals surface area contributed by atoms with E-state index in [1.54, 1.807) is 0 Å². The normalized spacial score (nSPS) is 13.7. The molecule has 0 aliphatic heterocycles. The third kappa shape index (κ3) is 2.64. The Morgan fingerprint density at radius 2 is 1.31 bits per heavy atom. The zero-order valence-electron chi connectivity index (χ0n) is 19.2. The zero-order valence-corrected chi connectivity index (χ0v) is 19.2. The Hall–Kier alpha value is -4.36. The van der Waals surface area contributed by atoms with E-state index in [1.807, 2.05) is 0 Å². The fourth-order valence-electron chi connectivity index (χ4n) is 6.16. The van der Waals surface area contributed by atoms with Gasteiger partial charge in [-0.1, -0.05) is 97.1 Å². The van der Waals surface area contributed by atoms with Crippen LogP contribution in [-0.2, 0) is 6.42 Å². The third-order valence-corrected chi connectivity index (χ3v) is 7.69. The highest BCUT2D eigenvalue weighted by Crippen LogP contribution is 2.49. The van der Waals surface area contributed by atoms with Crippen molar-refractivity contribution in [1.82, 2.24) is 0 Å². The molecule has 0 saturated heterocycles. The van der Waals surface area contributed by atoms with Gasteiger partial charge in [-0.3, -0.25) is 0 Å². The standard InChI is InChI=1S/C34H22O/c1-2-9-21(10-3-1)24-14-7-17-29-30-18-8-15-25(34(30)35-33(24)29)23-19-22-11-6-16-28-26-12-4-5-13-27(26)31(20-23)32(22)28/h1-6,8-16,18-20H,7,17H2. The van der Waals surface area contributed by atoms with E-state index < -0.39 is 0 Å². The van der Waals surface area contributed by atoms with E-state index in [9.17, 15) is 0 Å². The summed E-state index contributed by atoms with van der Waals surface area (Å²) >= 11 is 0. The number of rotatable bonds is 2. The van der Waals surface area contributed by atoms with Gasteiger partial charge in [-0.2, -0.15) is 0 Å². The van der Waals surface area contributed by atoms with Gasteiger partial charge in [0.05, 0.1) is 0 Å². The Morgan fingerprint density at radius 3 is 2.20 bits per heavy atom. The highest BCUT2D eigenvalue weighted by molar-refractivity contribution is 6.17. The molecule has 0 atom stereocenters. The minimum atomic E-state index is 0.996. The van der Waals surface area contributed by atoms with Crippen LogP contribution in [0.5, 0.6) is 0 Å². The largest absolute Gasteiger partial charge is 0.455 e. The van der Waals surface area contributed by atoms with Gasteiger partial charge in [-0.05, 0) is 69.1 Å². The summed E-state index contributed by atoms with van der Waals surface area (Å²) in [5, 5.41) is 3.88. The van der Waals surface area contributed by atoms with Crippen molar-refractivity contribution in [3.63, 3.8) is 0 Å². The molecule has 0 amide bonds. The van der Waals surface area contributed by atoms with Crippen molar-refractivity contribution in [2.75, 3.05) is 0 Å². The maximum absolute atomic E-state index is 6.74. The molecule has 8 rings (SSSR count). The van der Waals surface area contributed by atoms with Crippen molar-refractivity contribution in [2.24, 2.45) is 0 Å². The quantitative estimate of drug-likeness (QED) is 0.258. The van der Waals surface area contributed by atoms with Crippen LogP contribution in [-0.4, -0.2) is 0 Å². The lowest BCUT2D eigenvalue weighted by Crippen LogP contribution is -1.97. The molecule has 164 valence electrons. The van der Waals surface area contributed by atoms with E-state index in [0.717, 1.165) is 29.7 Å². The molecule has 5 aromatic carbocycles. The predicted molar refractivity (Wildman–Crippen MR) is 145 cm³/mol. The van der Waals surface area contributed by atoms with E-state index in [4.69, 9.17) is 4.42 Å². The van der Waals surface area contributed by atoms with Crippen LogP contribution in [0, 0.1) is 0 Å². The van der Waals surface area contributed by atoms with Crippen LogP contribution in [0.3, 0.4) is 0 Å². The second-order valence-corrected chi connectivity index (χ2v) is 9.59. The van der Waals surface area contributed by atoms with Crippen LogP contribution in [0.2, 0.25) is 0 Å². The lowest BCUT2D eigenvalue weighted by Gasteiger charge is -2.12. The molecule has 0 fully saturated rings. The van der Waals surface area contributed by atoms with Crippen molar-refractivity contribution in [3.8, 4) is 33.4 Å². The molecule has 1 heteroatoms. The van der Waals surface area contributed by atoms with Gasteiger partial charge >= 0.3 is 0 Å². The zero-order chi connectivity index (χ0) is 22.9. The Morgan fingerprint density at radius 1 is 0.571 bits per heavy atom. The molecule has 35 heavy (non-hydrogen) atoms. The maximum atomic E-state index is 6.74. The summed E-state index contributed by atoms with van der Waals surface area (Å²) in [6.07, 6.45) is 4.38. The molecule has 1 heterocycles. The summed E-state index contributed by atoms with van der Waals surface area (Å²) in [7, 11) is 0. The molecule has 0 bridgehead atoms. The molecule has 0 spiro atoms. The van der Waals surface area contributed by atoms with Crippen LogP contribution in [0.4, 0.5) is 0 Å². The number of para-hydroxylation sites is 1. The topological polar surface area (TPSA) is 13.1 Å². The third-order valence-electron chi connectivity index (χ3n) is 7.69. The number of hydrogen-bond donors (Lipinski definition) is 0. The lowest BCUT2D eigenvalue weighted by molar-refractivity contribution is 0.592. The number of allylic oxidation sites excluding steroid dienone is 1. The molecule has 6 aromatic rings. The van der Waals surface area contributed by atoms with E-state index >= 15 is 0 Å². The first-order valence-electron chi connectivity index (χ1n) is 12.3. The fraction of sp³-hybridized carbons (Fsp3) is 0.0588. The minimum absolute atomic E-state index is 0.996. The Balaban J connectivity index is 1.38. The predicted octanol–water partition coefficient (Wildman–Crippen LogP) is 9.28. The molecule has 0 radical (unpaired) electrons. The molecule has 1 aromatic heterocycles. The van der Waals surface area contributed by atoms with E-state index in [1.165, 1.54) is 60.7 Å². The summed E-state index contributed by atoms with van der Waals surface area (Å²) in [6, 6.07) is 37.4. The van der Waals surface area contributed by atoms with Crippen LogP contribution < -0.4 is 0 Å². The molecule has 0 unspecified atom stereocenters. The van der Waals surface area contributed by atoms with Crippen LogP contribution in [0.25, 0.3) is 60.7 Å². The Labute approximate surface area is 204 Å². The summed E-state index contributed by atoms with van der Waals surface area (Å²) in [5.74, 6) is 1.03. The summed E-state index contributed by atoms with van der Waals surface area (Å²) in [6.45, 7) is 0. The van der Waals surface area contributed by atoms with Crippen LogP contribution in [0.15, 0.2) is 114 Å². The van der Waals surface area contributed by atoms with Crippen molar-refractivity contribution in [1.29, 1.82) is 0 Å². The first kappa shape index (κ1) is 19.0. The van der Waals surface area contributed by atoms with Crippen molar-refractivity contribution < 1.29 is 4.42 Å². The van der Waals surface area contributed by atoms with Gasteiger partial charge in [-0.25, -0.2) is 0 Å². The molecule has 2 aliphatic rings. The van der Waals surface area contributed by atoms with Crippen molar-refractivity contribution >= 4 is 27.3 Å². The minimum Gasteiger partial charge on any atom is -0.455 e. The number of hydrogen-bond acceptors (Lipinski definition) is 1. The highest BCUT2D eigenvalue weighted by atomic mass is 16.3. The fourth-order valence-corrected chi connectivity index (χ4v) is 6.16. The van der Waals surface area contributed by atoms with Gasteiger partial charge in [0.25, 0.3) is 0 Å². The van der Waals surface area contributed by atoms with Gasteiger partial charge < -0.3 is 4.42 Å². The van der Waals surface area contributed by atoms with Crippen molar-refractivity contribution in [3.05, 3.63) is 126 Å². The summed E-state index contributed by atoms with van der Waals surface area (Å²) < 4.78 is 6.74. The second-order valence-electron chi connectivity index (χ2n) is 9.59. The van der Waals surface area contributed by atoms with E-state index in [2.05, 4.69) is 109 Å². The number of benzene rings is 5. The van der Waals surface area contributed by atoms with E-state index in [-0.39, 0.29) is 0 Å². The number of aryl methyl sites for hydroxylation is 1. The number of fused-ring (bicyclic) bond motifs is 6. The average molecular weight is 447 g/mol. The molecule has 1 nitrogen and oxygen atoms in total. The van der Waals surface area contributed by atoms with Gasteiger partial charge in [0.15, 0.2) is 0 Å². The average Bonchev–Trinajstić information content (AvgIpc) is 3.46. The highest BCUT2D eigenvalue weighted by Gasteiger charge is 2.25. The first-order valence-corrected chi connectivity index (χ1v) is 12.3. The first-order chi connectivity index (χ1) is 17.4. The Kier molecular flexibility index (Phi) is 3.84. The summed E-state index contributed by atoms with van der Waals surface area (Å²) in [5.41, 5.74) is 12.4. The number of furan rings is 1. The summed E-state index contributed by atoms with van der Waals surface area (Å²) in [4.78, 5) is 0.